The van der Waals surface area contributed by atoms with Crippen LogP contribution in [0.25, 0.3) is 66.5 Å². The fourth-order valence-electron chi connectivity index (χ4n) is 8.52. The second-order valence-electron chi connectivity index (χ2n) is 16.4. The number of nitrogens with zero attached hydrogens (tertiary/aromatic N) is 2. The van der Waals surface area contributed by atoms with Crippen LogP contribution in [0.5, 0.6) is 11.5 Å². The number of rotatable bonds is 12. The van der Waals surface area contributed by atoms with Gasteiger partial charge in [-0.25, -0.2) is 14.8 Å². The van der Waals surface area contributed by atoms with Gasteiger partial charge in [0.2, 0.25) is 0 Å². The van der Waals surface area contributed by atoms with Crippen molar-refractivity contribution in [2.24, 2.45) is 0 Å². The molecule has 334 valence electrons. The third kappa shape index (κ3) is 9.30. The molecule has 0 spiro atoms. The number of benzene rings is 2. The van der Waals surface area contributed by atoms with Crippen molar-refractivity contribution in [1.82, 2.24) is 19.9 Å². The molecule has 6 aromatic rings. The summed E-state index contributed by atoms with van der Waals surface area (Å²) in [7, 11) is 2.80. The van der Waals surface area contributed by atoms with E-state index in [1.54, 1.807) is 6.07 Å². The molecule has 0 radical (unpaired) electrons. The standard InChI is InChI=1S/C52H52N4O8.Fe/c1-27-22-49(59)64-46-23-36(14-15-37(27)46)63-21-20-62-35-12-10-34(11-13-35)50-51-30(4)28(2)40(55-51)24-42-32(6)38(16-18-47(57)60-8)44(53-42)26-45-39(17-19-48(58)61-9)33(7)43(54-45)25-41-29(3)31(5)52(50)56-41;/h10-15,22-26,53,56H,16-21H2,1-9H3;/q;+2. The first-order valence-corrected chi connectivity index (χ1v) is 21.4. The predicted octanol–water partition coefficient (Wildman–Crippen LogP) is 10.7. The molecule has 65 heavy (non-hydrogen) atoms. The number of methoxy groups -OCH3 is 2. The van der Waals surface area contributed by atoms with E-state index in [2.05, 4.69) is 68.9 Å². The van der Waals surface area contributed by atoms with Crippen molar-refractivity contribution >= 4 is 67.3 Å². The van der Waals surface area contributed by atoms with Gasteiger partial charge in [0, 0.05) is 52.5 Å². The van der Waals surface area contributed by atoms with Gasteiger partial charge < -0.3 is 33.3 Å². The summed E-state index contributed by atoms with van der Waals surface area (Å²) in [5, 5.41) is 0.862. The van der Waals surface area contributed by atoms with Crippen LogP contribution in [0.3, 0.4) is 0 Å². The second kappa shape index (κ2) is 19.2. The first-order chi connectivity index (χ1) is 30.7. The van der Waals surface area contributed by atoms with Crippen molar-refractivity contribution in [1.29, 1.82) is 0 Å². The summed E-state index contributed by atoms with van der Waals surface area (Å²) in [5.41, 5.74) is 17.8. The number of H-pyrrole nitrogens is 2. The number of fused-ring (bicyclic) bond motifs is 9. The molecule has 8 bridgehead atoms. The van der Waals surface area contributed by atoms with Crippen molar-refractivity contribution in [2.45, 2.75) is 74.1 Å². The number of carbonyl (C=O) groups is 2. The van der Waals surface area contributed by atoms with E-state index in [0.29, 0.717) is 36.5 Å². The zero-order valence-electron chi connectivity index (χ0n) is 38.1. The number of carbonyl (C=O) groups excluding carboxylic acids is 2. The topological polar surface area (TPSA) is 159 Å². The van der Waals surface area contributed by atoms with Crippen LogP contribution < -0.4 is 15.1 Å². The summed E-state index contributed by atoms with van der Waals surface area (Å²) in [5.74, 6) is 0.681. The average molecular weight is 917 g/mol. The van der Waals surface area contributed by atoms with E-state index in [1.165, 1.54) is 20.3 Å². The monoisotopic (exact) mass is 916 g/mol. The summed E-state index contributed by atoms with van der Waals surface area (Å²) < 4.78 is 27.5. The maximum absolute atomic E-state index is 12.4. The molecule has 2 aliphatic heterocycles. The van der Waals surface area contributed by atoms with Gasteiger partial charge in [-0.3, -0.25) is 9.59 Å². The first-order valence-electron chi connectivity index (χ1n) is 21.4. The van der Waals surface area contributed by atoms with Gasteiger partial charge in [-0.05, 0) is 159 Å². The molecule has 8 rings (SSSR count). The molecule has 6 heterocycles. The number of hydrogen-bond acceptors (Lipinski definition) is 10. The minimum atomic E-state index is -0.395. The SMILES string of the molecule is COC(=O)CCC1=C(C)c2cc3[nH]c(c(C)c3C)c(-c3ccc(OCCOc4ccc5c(C)cc(=O)oc5c4)cc3)c3nc(cc4[nH]c(cc1n2)c(CCC(=O)OC)c4C)C(C)=C3C.[Fe+2]. The van der Waals surface area contributed by atoms with E-state index in [9.17, 15) is 14.4 Å². The van der Waals surface area contributed by atoms with Crippen LogP contribution in [0.4, 0.5) is 0 Å². The fourth-order valence-corrected chi connectivity index (χ4v) is 8.52. The number of nitrogens with one attached hydrogen (secondary N) is 2. The molecule has 0 unspecified atom stereocenters. The number of esters is 2. The fraction of sp³-hybridized carbons (Fsp3) is 0.288. The molecule has 2 aliphatic rings. The van der Waals surface area contributed by atoms with E-state index in [4.69, 9.17) is 33.3 Å². The molecule has 0 aliphatic carbocycles. The van der Waals surface area contributed by atoms with Crippen molar-refractivity contribution in [3.63, 3.8) is 0 Å². The Bertz CT molecular complexity index is 3170. The minimum absolute atomic E-state index is 0. The predicted molar refractivity (Wildman–Crippen MR) is 251 cm³/mol. The van der Waals surface area contributed by atoms with E-state index < -0.39 is 5.63 Å². The van der Waals surface area contributed by atoms with Crippen LogP contribution in [0.1, 0.15) is 90.6 Å². The molecule has 0 fully saturated rings. The van der Waals surface area contributed by atoms with Crippen molar-refractivity contribution in [3.05, 3.63) is 128 Å². The maximum Gasteiger partial charge on any atom is 2.00 e. The number of aryl methyl sites for hydroxylation is 5. The van der Waals surface area contributed by atoms with Gasteiger partial charge in [0.15, 0.2) is 0 Å². The van der Waals surface area contributed by atoms with Crippen LogP contribution in [-0.2, 0) is 42.6 Å². The number of aromatic nitrogens is 4. The van der Waals surface area contributed by atoms with Crippen LogP contribution in [0.2, 0.25) is 0 Å². The number of hydrogen-bond donors (Lipinski definition) is 2. The number of ether oxygens (including phenoxy) is 4. The molecule has 0 atom stereocenters. The Kier molecular flexibility index (Phi) is 13.7. The second-order valence-corrected chi connectivity index (χ2v) is 16.4. The summed E-state index contributed by atoms with van der Waals surface area (Å²) in [4.78, 5) is 54.7. The summed E-state index contributed by atoms with van der Waals surface area (Å²) in [6, 6.07) is 21.1. The van der Waals surface area contributed by atoms with Gasteiger partial charge in [0.1, 0.15) is 30.3 Å². The number of aromatic amines is 2. The third-order valence-electron chi connectivity index (χ3n) is 12.6. The van der Waals surface area contributed by atoms with Gasteiger partial charge in [0.25, 0.3) is 0 Å². The Morgan fingerprint density at radius 1 is 0.631 bits per heavy atom. The molecule has 2 N–H and O–H groups in total. The largest absolute Gasteiger partial charge is 2.00 e. The smallest absolute Gasteiger partial charge is 0.490 e. The Labute approximate surface area is 387 Å². The average Bonchev–Trinajstić information content (AvgIpc) is 3.93. The molecule has 2 aromatic carbocycles. The Hall–Kier alpha value is -6.69. The Morgan fingerprint density at radius 2 is 1.25 bits per heavy atom. The van der Waals surface area contributed by atoms with E-state index >= 15 is 0 Å². The third-order valence-corrected chi connectivity index (χ3v) is 12.6. The molecule has 0 amide bonds. The Morgan fingerprint density at radius 3 is 1.94 bits per heavy atom. The van der Waals surface area contributed by atoms with Gasteiger partial charge in [-0.1, -0.05) is 12.1 Å². The molecule has 0 saturated heterocycles. The molecule has 12 nitrogen and oxygen atoms in total. The summed E-state index contributed by atoms with van der Waals surface area (Å²) >= 11 is 0. The minimum Gasteiger partial charge on any atom is -0.490 e. The van der Waals surface area contributed by atoms with Gasteiger partial charge in [-0.15, -0.1) is 0 Å². The summed E-state index contributed by atoms with van der Waals surface area (Å²) in [6.45, 7) is 15.0. The van der Waals surface area contributed by atoms with Crippen molar-refractivity contribution in [3.8, 4) is 22.6 Å². The van der Waals surface area contributed by atoms with Gasteiger partial charge >= 0.3 is 34.6 Å². The molecular formula is C52H52FeN4O8+2. The van der Waals surface area contributed by atoms with Crippen LogP contribution >= 0.6 is 0 Å². The normalized spacial score (nSPS) is 12.4. The van der Waals surface area contributed by atoms with E-state index in [0.717, 1.165) is 111 Å². The molecule has 13 heteroatoms. The van der Waals surface area contributed by atoms with Crippen LogP contribution in [-0.4, -0.2) is 59.3 Å². The van der Waals surface area contributed by atoms with Gasteiger partial charge in [0.05, 0.1) is 42.5 Å². The molecule has 0 saturated carbocycles. The van der Waals surface area contributed by atoms with Crippen LogP contribution in [0.15, 0.2) is 75.9 Å². The molecule has 4 aromatic heterocycles. The quantitative estimate of drug-likeness (QED) is 0.0524. The van der Waals surface area contributed by atoms with Crippen molar-refractivity contribution < 1.29 is 50.0 Å². The van der Waals surface area contributed by atoms with Crippen molar-refractivity contribution in [2.75, 3.05) is 27.4 Å². The molecular weight excluding hydrogens is 864 g/mol. The maximum atomic E-state index is 12.4. The Balaban J connectivity index is 0.00000630. The zero-order valence-corrected chi connectivity index (χ0v) is 39.2. The summed E-state index contributed by atoms with van der Waals surface area (Å²) in [6.07, 6.45) is 1.33. The van der Waals surface area contributed by atoms with Crippen LogP contribution in [0, 0.1) is 27.7 Å². The van der Waals surface area contributed by atoms with E-state index in [1.807, 2.05) is 44.2 Å². The van der Waals surface area contributed by atoms with E-state index in [-0.39, 0.29) is 48.5 Å². The first kappa shape index (κ1) is 46.3. The number of allylic oxidation sites excluding steroid dienone is 4. The zero-order chi connectivity index (χ0) is 45.4. The van der Waals surface area contributed by atoms with Gasteiger partial charge in [-0.2, -0.15) is 0 Å².